The Bertz CT molecular complexity index is 603. The Balaban J connectivity index is 1.84. The maximum absolute atomic E-state index is 5.97. The molecule has 94 valence electrons. The summed E-state index contributed by atoms with van der Waals surface area (Å²) in [5, 5.41) is 1.77. The lowest BCUT2D eigenvalue weighted by Gasteiger charge is -2.04. The molecule has 2 heterocycles. The number of halogens is 1. The molecule has 1 unspecified atom stereocenters. The van der Waals surface area contributed by atoms with E-state index in [9.17, 15) is 0 Å². The molecule has 0 aliphatic carbocycles. The van der Waals surface area contributed by atoms with Crippen LogP contribution in [0.1, 0.15) is 25.0 Å². The van der Waals surface area contributed by atoms with Crippen molar-refractivity contribution in [2.45, 2.75) is 19.3 Å². The maximum atomic E-state index is 5.97. The molecule has 0 saturated heterocycles. The van der Waals surface area contributed by atoms with Crippen LogP contribution in [-0.2, 0) is 4.74 Å². The Morgan fingerprint density at radius 3 is 3.17 bits per heavy atom. The second-order valence-corrected chi connectivity index (χ2v) is 4.84. The summed E-state index contributed by atoms with van der Waals surface area (Å²) in [5.41, 5.74) is 0.874. The van der Waals surface area contributed by atoms with E-state index in [0.29, 0.717) is 6.61 Å². The van der Waals surface area contributed by atoms with Gasteiger partial charge in [-0.2, -0.15) is 0 Å². The summed E-state index contributed by atoms with van der Waals surface area (Å²) < 4.78 is 11.3. The summed E-state index contributed by atoms with van der Waals surface area (Å²) in [6.45, 7) is 3.38. The molecule has 4 heteroatoms. The number of ether oxygens (including phenoxy) is 1. The van der Waals surface area contributed by atoms with Crippen molar-refractivity contribution in [3.05, 3.63) is 35.0 Å². The van der Waals surface area contributed by atoms with Crippen LogP contribution in [-0.4, -0.2) is 19.0 Å². The fourth-order valence-corrected chi connectivity index (χ4v) is 2.43. The standard InChI is InChI=1S/C14H14ClNO2/c1-2-17-14-7-10(8-16-14)13-6-9-5-11(15)3-4-12(9)18-13/h3-6,10H,2,7-8H2,1H3. The third kappa shape index (κ3) is 2.10. The number of benzene rings is 1. The molecule has 0 saturated carbocycles. The zero-order valence-electron chi connectivity index (χ0n) is 10.1. The summed E-state index contributed by atoms with van der Waals surface area (Å²) in [6, 6.07) is 7.72. The number of rotatable bonds is 2. The number of hydrogen-bond acceptors (Lipinski definition) is 3. The Kier molecular flexibility index (Phi) is 3.00. The molecular weight excluding hydrogens is 250 g/mol. The Labute approximate surface area is 110 Å². The summed E-state index contributed by atoms with van der Waals surface area (Å²) in [6.07, 6.45) is 0.821. The van der Waals surface area contributed by atoms with Crippen molar-refractivity contribution < 1.29 is 9.15 Å². The number of hydrogen-bond donors (Lipinski definition) is 0. The van der Waals surface area contributed by atoms with Crippen LogP contribution in [0.3, 0.4) is 0 Å². The van der Waals surface area contributed by atoms with E-state index in [4.69, 9.17) is 20.8 Å². The fraction of sp³-hybridized carbons (Fsp3) is 0.357. The van der Waals surface area contributed by atoms with Gasteiger partial charge in [-0.1, -0.05) is 11.6 Å². The van der Waals surface area contributed by atoms with Gasteiger partial charge in [0, 0.05) is 22.7 Å². The highest BCUT2D eigenvalue weighted by Gasteiger charge is 2.24. The van der Waals surface area contributed by atoms with E-state index in [1.165, 1.54) is 0 Å². The van der Waals surface area contributed by atoms with Gasteiger partial charge in [-0.15, -0.1) is 0 Å². The molecule has 0 amide bonds. The molecule has 0 bridgehead atoms. The number of furan rings is 1. The van der Waals surface area contributed by atoms with Crippen molar-refractivity contribution in [1.82, 2.24) is 0 Å². The van der Waals surface area contributed by atoms with Crippen LogP contribution in [0, 0.1) is 0 Å². The summed E-state index contributed by atoms with van der Waals surface area (Å²) in [5.74, 6) is 2.09. The average Bonchev–Trinajstić information content (AvgIpc) is 2.94. The van der Waals surface area contributed by atoms with Crippen LogP contribution in [0.4, 0.5) is 0 Å². The molecule has 18 heavy (non-hydrogen) atoms. The fourth-order valence-electron chi connectivity index (χ4n) is 2.25. The summed E-state index contributed by atoms with van der Waals surface area (Å²) in [7, 11) is 0. The molecule has 1 aromatic heterocycles. The second kappa shape index (κ2) is 4.65. The number of nitrogens with zero attached hydrogens (tertiary/aromatic N) is 1. The Morgan fingerprint density at radius 2 is 2.33 bits per heavy atom. The van der Waals surface area contributed by atoms with Crippen LogP contribution in [0.2, 0.25) is 5.02 Å². The predicted molar refractivity (Wildman–Crippen MR) is 72.5 cm³/mol. The van der Waals surface area contributed by atoms with E-state index in [0.717, 1.165) is 40.6 Å². The van der Waals surface area contributed by atoms with Gasteiger partial charge in [-0.05, 0) is 31.2 Å². The molecule has 2 aromatic rings. The van der Waals surface area contributed by atoms with Crippen molar-refractivity contribution in [2.75, 3.05) is 13.2 Å². The first kappa shape index (κ1) is 11.6. The molecule has 0 spiro atoms. The lowest BCUT2D eigenvalue weighted by Crippen LogP contribution is -2.03. The zero-order valence-corrected chi connectivity index (χ0v) is 10.9. The maximum Gasteiger partial charge on any atom is 0.183 e. The van der Waals surface area contributed by atoms with E-state index >= 15 is 0 Å². The monoisotopic (exact) mass is 263 g/mol. The zero-order chi connectivity index (χ0) is 12.5. The molecular formula is C14H14ClNO2. The van der Waals surface area contributed by atoms with Crippen LogP contribution < -0.4 is 0 Å². The van der Waals surface area contributed by atoms with Gasteiger partial charge in [0.05, 0.1) is 13.2 Å². The van der Waals surface area contributed by atoms with Crippen LogP contribution in [0.25, 0.3) is 11.0 Å². The highest BCUT2D eigenvalue weighted by atomic mass is 35.5. The van der Waals surface area contributed by atoms with Crippen molar-refractivity contribution in [3.63, 3.8) is 0 Å². The second-order valence-electron chi connectivity index (χ2n) is 4.40. The van der Waals surface area contributed by atoms with Gasteiger partial charge >= 0.3 is 0 Å². The predicted octanol–water partition coefficient (Wildman–Crippen LogP) is 4.01. The smallest absolute Gasteiger partial charge is 0.183 e. The Hall–Kier alpha value is -1.48. The summed E-state index contributed by atoms with van der Waals surface area (Å²) in [4.78, 5) is 4.38. The first-order valence-electron chi connectivity index (χ1n) is 6.11. The molecule has 0 radical (unpaired) electrons. The third-order valence-corrected chi connectivity index (χ3v) is 3.35. The molecule has 0 N–H and O–H groups in total. The van der Waals surface area contributed by atoms with Gasteiger partial charge in [-0.3, -0.25) is 4.99 Å². The van der Waals surface area contributed by atoms with Gasteiger partial charge < -0.3 is 9.15 Å². The molecule has 1 atom stereocenters. The normalized spacial score (nSPS) is 19.2. The van der Waals surface area contributed by atoms with Gasteiger partial charge in [-0.25, -0.2) is 0 Å². The molecule has 1 aliphatic heterocycles. The minimum atomic E-state index is 0.290. The highest BCUT2D eigenvalue weighted by molar-refractivity contribution is 6.31. The topological polar surface area (TPSA) is 34.7 Å². The minimum absolute atomic E-state index is 0.290. The van der Waals surface area contributed by atoms with Gasteiger partial charge in [0.2, 0.25) is 0 Å². The van der Waals surface area contributed by atoms with Crippen LogP contribution in [0.15, 0.2) is 33.7 Å². The third-order valence-electron chi connectivity index (χ3n) is 3.12. The lowest BCUT2D eigenvalue weighted by atomic mass is 10.1. The van der Waals surface area contributed by atoms with Gasteiger partial charge in [0.15, 0.2) is 5.90 Å². The van der Waals surface area contributed by atoms with Crippen molar-refractivity contribution in [1.29, 1.82) is 0 Å². The lowest BCUT2D eigenvalue weighted by molar-refractivity contribution is 0.319. The van der Waals surface area contributed by atoms with E-state index in [1.807, 2.05) is 25.1 Å². The SMILES string of the molecule is CCOC1=NCC(c2cc3cc(Cl)ccc3o2)C1. The number of aliphatic imine (C=N–C) groups is 1. The first-order chi connectivity index (χ1) is 8.76. The van der Waals surface area contributed by atoms with E-state index < -0.39 is 0 Å². The molecule has 1 aromatic carbocycles. The van der Waals surface area contributed by atoms with Gasteiger partial charge in [0.25, 0.3) is 0 Å². The largest absolute Gasteiger partial charge is 0.481 e. The highest BCUT2D eigenvalue weighted by Crippen LogP contribution is 2.31. The van der Waals surface area contributed by atoms with Crippen molar-refractivity contribution >= 4 is 28.5 Å². The van der Waals surface area contributed by atoms with E-state index in [1.54, 1.807) is 0 Å². The van der Waals surface area contributed by atoms with Crippen molar-refractivity contribution in [3.8, 4) is 0 Å². The molecule has 1 aliphatic rings. The van der Waals surface area contributed by atoms with Crippen LogP contribution in [0.5, 0.6) is 0 Å². The van der Waals surface area contributed by atoms with Crippen molar-refractivity contribution in [2.24, 2.45) is 4.99 Å². The number of fused-ring (bicyclic) bond motifs is 1. The Morgan fingerprint density at radius 1 is 1.44 bits per heavy atom. The quantitative estimate of drug-likeness (QED) is 0.821. The first-order valence-corrected chi connectivity index (χ1v) is 6.49. The summed E-state index contributed by atoms with van der Waals surface area (Å²) >= 11 is 5.97. The molecule has 3 nitrogen and oxygen atoms in total. The van der Waals surface area contributed by atoms with E-state index in [2.05, 4.69) is 11.1 Å². The van der Waals surface area contributed by atoms with Gasteiger partial charge in [0.1, 0.15) is 11.3 Å². The van der Waals surface area contributed by atoms with E-state index in [-0.39, 0.29) is 5.92 Å². The minimum Gasteiger partial charge on any atom is -0.481 e. The van der Waals surface area contributed by atoms with Crippen LogP contribution >= 0.6 is 11.6 Å². The molecule has 0 fully saturated rings. The molecule has 3 rings (SSSR count). The average molecular weight is 264 g/mol.